The number of hydrogen-bond donors (Lipinski definition) is 1. The average molecular weight is 217 g/mol. The Morgan fingerprint density at radius 1 is 1.44 bits per heavy atom. The van der Waals surface area contributed by atoms with Gasteiger partial charge in [0.1, 0.15) is 0 Å². The van der Waals surface area contributed by atoms with Crippen LogP contribution in [0.1, 0.15) is 18.9 Å². The molecule has 0 bridgehead atoms. The van der Waals surface area contributed by atoms with Crippen molar-refractivity contribution < 1.29 is 4.74 Å². The number of benzene rings is 1. The molecular formula is C12H15N3O. The lowest BCUT2D eigenvalue weighted by Crippen LogP contribution is -2.20. The van der Waals surface area contributed by atoms with Crippen LogP contribution in [-0.2, 0) is 4.74 Å². The molecule has 3 rings (SSSR count). The molecule has 1 aromatic heterocycles. The number of nitrogen functional groups attached to an aromatic ring is 1. The van der Waals surface area contributed by atoms with E-state index in [1.165, 1.54) is 0 Å². The minimum atomic E-state index is 0.419. The van der Waals surface area contributed by atoms with Gasteiger partial charge in [-0.25, -0.2) is 4.98 Å². The largest absolute Gasteiger partial charge is 0.399 e. The first-order valence-electron chi connectivity index (χ1n) is 5.64. The normalized spacial score (nSPS) is 21.4. The van der Waals surface area contributed by atoms with E-state index in [9.17, 15) is 0 Å². The van der Waals surface area contributed by atoms with Gasteiger partial charge in [-0.2, -0.15) is 0 Å². The topological polar surface area (TPSA) is 53.1 Å². The van der Waals surface area contributed by atoms with Gasteiger partial charge in [-0.3, -0.25) is 0 Å². The molecular weight excluding hydrogens is 202 g/mol. The number of ether oxygens (including phenoxy) is 1. The fraction of sp³-hybridized carbons (Fsp3) is 0.417. The summed E-state index contributed by atoms with van der Waals surface area (Å²) in [6.07, 6.45) is 4.18. The Balaban J connectivity index is 2.03. The molecule has 16 heavy (non-hydrogen) atoms. The first kappa shape index (κ1) is 9.66. The molecule has 4 nitrogen and oxygen atoms in total. The molecule has 4 heteroatoms. The van der Waals surface area contributed by atoms with Crippen molar-refractivity contribution in [2.75, 3.05) is 18.9 Å². The van der Waals surface area contributed by atoms with Crippen LogP contribution in [0.25, 0.3) is 11.0 Å². The van der Waals surface area contributed by atoms with Crippen molar-refractivity contribution in [2.24, 2.45) is 0 Å². The summed E-state index contributed by atoms with van der Waals surface area (Å²) < 4.78 is 7.71. The van der Waals surface area contributed by atoms with Crippen LogP contribution in [0.15, 0.2) is 24.5 Å². The van der Waals surface area contributed by atoms with Crippen molar-refractivity contribution in [2.45, 2.75) is 18.9 Å². The molecule has 1 unspecified atom stereocenters. The quantitative estimate of drug-likeness (QED) is 0.743. The zero-order valence-corrected chi connectivity index (χ0v) is 9.10. The smallest absolute Gasteiger partial charge is 0.0961 e. The average Bonchev–Trinajstić information content (AvgIpc) is 2.73. The Morgan fingerprint density at radius 2 is 2.38 bits per heavy atom. The Morgan fingerprint density at radius 3 is 3.19 bits per heavy atom. The van der Waals surface area contributed by atoms with E-state index in [1.807, 2.05) is 24.5 Å². The molecule has 1 aliphatic rings. The van der Waals surface area contributed by atoms with Crippen LogP contribution in [0.3, 0.4) is 0 Å². The third-order valence-electron chi connectivity index (χ3n) is 3.13. The van der Waals surface area contributed by atoms with Crippen molar-refractivity contribution in [1.82, 2.24) is 9.55 Å². The maximum atomic E-state index is 5.74. The van der Waals surface area contributed by atoms with Crippen molar-refractivity contribution in [1.29, 1.82) is 0 Å². The number of imidazole rings is 1. The summed E-state index contributed by atoms with van der Waals surface area (Å²) in [5.41, 5.74) is 8.61. The number of nitrogens with two attached hydrogens (primary N) is 1. The van der Waals surface area contributed by atoms with Gasteiger partial charge in [0.2, 0.25) is 0 Å². The van der Waals surface area contributed by atoms with Crippen molar-refractivity contribution in [3.8, 4) is 0 Å². The molecule has 1 atom stereocenters. The highest BCUT2D eigenvalue weighted by molar-refractivity contribution is 5.79. The highest BCUT2D eigenvalue weighted by Gasteiger charge is 2.17. The molecule has 2 heterocycles. The van der Waals surface area contributed by atoms with Crippen LogP contribution in [0.5, 0.6) is 0 Å². The van der Waals surface area contributed by atoms with Crippen LogP contribution >= 0.6 is 0 Å². The third kappa shape index (κ3) is 1.55. The molecule has 84 valence electrons. The first-order chi connectivity index (χ1) is 7.84. The highest BCUT2D eigenvalue weighted by atomic mass is 16.5. The van der Waals surface area contributed by atoms with Crippen molar-refractivity contribution in [3.63, 3.8) is 0 Å². The van der Waals surface area contributed by atoms with Crippen LogP contribution in [0.4, 0.5) is 5.69 Å². The van der Waals surface area contributed by atoms with Gasteiger partial charge in [0, 0.05) is 12.3 Å². The number of hydrogen-bond acceptors (Lipinski definition) is 3. The van der Waals surface area contributed by atoms with E-state index >= 15 is 0 Å². The Labute approximate surface area is 94.0 Å². The highest BCUT2D eigenvalue weighted by Crippen LogP contribution is 2.25. The summed E-state index contributed by atoms with van der Waals surface area (Å²) in [7, 11) is 0. The van der Waals surface area contributed by atoms with Gasteiger partial charge < -0.3 is 15.0 Å². The Hall–Kier alpha value is -1.55. The lowest BCUT2D eigenvalue weighted by Gasteiger charge is -2.23. The summed E-state index contributed by atoms with van der Waals surface area (Å²) in [6, 6.07) is 6.29. The molecule has 2 N–H and O–H groups in total. The van der Waals surface area contributed by atoms with E-state index in [-0.39, 0.29) is 0 Å². The van der Waals surface area contributed by atoms with E-state index in [2.05, 4.69) is 9.55 Å². The standard InChI is InChI=1S/C12H15N3O/c13-9-3-4-12-11(6-9)14-8-15(12)10-2-1-5-16-7-10/h3-4,6,8,10H,1-2,5,7,13H2. The van der Waals surface area contributed by atoms with Crippen LogP contribution in [0, 0.1) is 0 Å². The number of fused-ring (bicyclic) bond motifs is 1. The fourth-order valence-electron chi connectivity index (χ4n) is 2.28. The SMILES string of the molecule is Nc1ccc2c(c1)ncn2C1CCCOC1. The second kappa shape index (κ2) is 3.79. The minimum absolute atomic E-state index is 0.419. The maximum absolute atomic E-state index is 5.74. The molecule has 0 aliphatic carbocycles. The van der Waals surface area contributed by atoms with Gasteiger partial charge in [-0.15, -0.1) is 0 Å². The van der Waals surface area contributed by atoms with Gasteiger partial charge in [0.15, 0.2) is 0 Å². The third-order valence-corrected chi connectivity index (χ3v) is 3.13. The van der Waals surface area contributed by atoms with Gasteiger partial charge in [0.05, 0.1) is 30.0 Å². The van der Waals surface area contributed by atoms with Crippen LogP contribution < -0.4 is 5.73 Å². The van der Waals surface area contributed by atoms with E-state index in [4.69, 9.17) is 10.5 Å². The summed E-state index contributed by atoms with van der Waals surface area (Å²) >= 11 is 0. The summed E-state index contributed by atoms with van der Waals surface area (Å²) in [5, 5.41) is 0. The van der Waals surface area contributed by atoms with E-state index < -0.39 is 0 Å². The summed E-state index contributed by atoms with van der Waals surface area (Å²) in [5.74, 6) is 0. The first-order valence-corrected chi connectivity index (χ1v) is 5.64. The molecule has 1 saturated heterocycles. The van der Waals surface area contributed by atoms with Gasteiger partial charge in [-0.05, 0) is 31.0 Å². The molecule has 0 spiro atoms. The lowest BCUT2D eigenvalue weighted by molar-refractivity contribution is 0.0605. The second-order valence-electron chi connectivity index (χ2n) is 4.27. The molecule has 0 radical (unpaired) electrons. The predicted octanol–water partition coefficient (Wildman–Crippen LogP) is 1.97. The molecule has 0 saturated carbocycles. The molecule has 1 aromatic carbocycles. The Kier molecular flexibility index (Phi) is 2.29. The van der Waals surface area contributed by atoms with Crippen LogP contribution in [-0.4, -0.2) is 22.8 Å². The monoisotopic (exact) mass is 217 g/mol. The number of rotatable bonds is 1. The van der Waals surface area contributed by atoms with Crippen molar-refractivity contribution in [3.05, 3.63) is 24.5 Å². The second-order valence-corrected chi connectivity index (χ2v) is 4.27. The zero-order chi connectivity index (χ0) is 11.0. The number of aromatic nitrogens is 2. The lowest BCUT2D eigenvalue weighted by atomic mass is 10.1. The molecule has 1 aliphatic heterocycles. The maximum Gasteiger partial charge on any atom is 0.0961 e. The molecule has 1 fully saturated rings. The predicted molar refractivity (Wildman–Crippen MR) is 63.2 cm³/mol. The Bertz CT molecular complexity index is 500. The van der Waals surface area contributed by atoms with E-state index in [0.717, 1.165) is 42.8 Å². The molecule has 0 amide bonds. The zero-order valence-electron chi connectivity index (χ0n) is 9.10. The molecule has 2 aromatic rings. The van der Waals surface area contributed by atoms with Gasteiger partial charge in [-0.1, -0.05) is 0 Å². The van der Waals surface area contributed by atoms with E-state index in [1.54, 1.807) is 0 Å². The van der Waals surface area contributed by atoms with Gasteiger partial charge in [0.25, 0.3) is 0 Å². The van der Waals surface area contributed by atoms with Gasteiger partial charge >= 0.3 is 0 Å². The fourth-order valence-corrected chi connectivity index (χ4v) is 2.28. The van der Waals surface area contributed by atoms with Crippen molar-refractivity contribution >= 4 is 16.7 Å². The minimum Gasteiger partial charge on any atom is -0.399 e. The van der Waals surface area contributed by atoms with Crippen LogP contribution in [0.2, 0.25) is 0 Å². The number of nitrogens with zero attached hydrogens (tertiary/aromatic N) is 2. The number of anilines is 1. The summed E-state index contributed by atoms with van der Waals surface area (Å²) in [4.78, 5) is 4.38. The summed E-state index contributed by atoms with van der Waals surface area (Å²) in [6.45, 7) is 1.67. The van der Waals surface area contributed by atoms with E-state index in [0.29, 0.717) is 6.04 Å².